The van der Waals surface area contributed by atoms with Crippen molar-refractivity contribution in [2.75, 3.05) is 6.61 Å². The van der Waals surface area contributed by atoms with Crippen LogP contribution in [-0.2, 0) is 4.74 Å². The third-order valence-electron chi connectivity index (χ3n) is 7.88. The number of ether oxygens (including phenoxy) is 1. The van der Waals surface area contributed by atoms with E-state index in [-0.39, 0.29) is 40.5 Å². The van der Waals surface area contributed by atoms with Crippen LogP contribution in [0.25, 0.3) is 0 Å². The van der Waals surface area contributed by atoms with E-state index in [0.29, 0.717) is 5.92 Å². The van der Waals surface area contributed by atoms with E-state index in [0.717, 1.165) is 38.7 Å². The molecule has 7 atom stereocenters. The first-order valence-electron chi connectivity index (χ1n) is 9.38. The molecule has 4 rings (SSSR count). The lowest BCUT2D eigenvalue weighted by Gasteiger charge is -2.62. The Morgan fingerprint density at radius 1 is 1.13 bits per heavy atom. The zero-order valence-electron chi connectivity index (χ0n) is 15.0. The third kappa shape index (κ3) is 2.19. The molecule has 2 N–H and O–H groups in total. The van der Waals surface area contributed by atoms with Gasteiger partial charge in [0.15, 0.2) is 0 Å². The van der Waals surface area contributed by atoms with Crippen LogP contribution in [0.3, 0.4) is 0 Å². The number of aliphatic hydroxyl groups is 2. The first-order chi connectivity index (χ1) is 10.7. The van der Waals surface area contributed by atoms with Gasteiger partial charge in [0, 0.05) is 16.7 Å². The lowest BCUT2D eigenvalue weighted by Crippen LogP contribution is -2.60. The molecule has 130 valence electrons. The molecule has 0 aromatic carbocycles. The van der Waals surface area contributed by atoms with Crippen LogP contribution in [0, 0.1) is 28.1 Å². The molecule has 1 aliphatic heterocycles. The Kier molecular flexibility index (Phi) is 3.38. The van der Waals surface area contributed by atoms with E-state index >= 15 is 0 Å². The van der Waals surface area contributed by atoms with Crippen molar-refractivity contribution in [3.8, 4) is 0 Å². The average Bonchev–Trinajstić information content (AvgIpc) is 3.27. The van der Waals surface area contributed by atoms with Crippen LogP contribution in [0.15, 0.2) is 11.6 Å². The second-order valence-electron chi connectivity index (χ2n) is 9.80. The lowest BCUT2D eigenvalue weighted by molar-refractivity contribution is -0.165. The fraction of sp³-hybridized carbons (Fsp3) is 0.900. The van der Waals surface area contributed by atoms with E-state index in [2.05, 4.69) is 33.8 Å². The van der Waals surface area contributed by atoms with Crippen molar-refractivity contribution >= 4 is 0 Å². The summed E-state index contributed by atoms with van der Waals surface area (Å²) in [7, 11) is 0. The highest BCUT2D eigenvalue weighted by Crippen LogP contribution is 2.64. The predicted octanol–water partition coefficient (Wildman–Crippen LogP) is 3.30. The van der Waals surface area contributed by atoms with Crippen molar-refractivity contribution in [1.29, 1.82) is 0 Å². The molecule has 0 unspecified atom stereocenters. The zero-order valence-corrected chi connectivity index (χ0v) is 15.0. The Morgan fingerprint density at radius 2 is 1.83 bits per heavy atom. The minimum Gasteiger partial charge on any atom is -0.393 e. The number of hydrogen-bond donors (Lipinski definition) is 2. The van der Waals surface area contributed by atoms with E-state index in [9.17, 15) is 10.2 Å². The highest BCUT2D eigenvalue weighted by atomic mass is 16.6. The summed E-state index contributed by atoms with van der Waals surface area (Å²) in [6, 6.07) is 0. The summed E-state index contributed by atoms with van der Waals surface area (Å²) < 4.78 is 5.56. The first kappa shape index (κ1) is 16.1. The largest absolute Gasteiger partial charge is 0.393 e. The zero-order chi connectivity index (χ0) is 16.6. The molecule has 4 aliphatic rings. The van der Waals surface area contributed by atoms with Gasteiger partial charge in [-0.1, -0.05) is 39.3 Å². The highest BCUT2D eigenvalue weighted by Gasteiger charge is 2.61. The van der Waals surface area contributed by atoms with E-state index in [1.165, 1.54) is 5.57 Å². The van der Waals surface area contributed by atoms with E-state index in [1.807, 2.05) is 0 Å². The molecule has 0 aromatic rings. The number of hydrogen-bond acceptors (Lipinski definition) is 3. The van der Waals surface area contributed by atoms with Gasteiger partial charge in [-0.3, -0.25) is 0 Å². The summed E-state index contributed by atoms with van der Waals surface area (Å²) in [6.07, 6.45) is 6.95. The average molecular weight is 320 g/mol. The van der Waals surface area contributed by atoms with Crippen molar-refractivity contribution in [1.82, 2.24) is 0 Å². The quantitative estimate of drug-likeness (QED) is 0.576. The lowest BCUT2D eigenvalue weighted by atomic mass is 9.44. The Balaban J connectivity index is 1.76. The maximum absolute atomic E-state index is 11.1. The normalized spacial score (nSPS) is 54.7. The minimum absolute atomic E-state index is 0.0242. The van der Waals surface area contributed by atoms with Gasteiger partial charge in [-0.15, -0.1) is 0 Å². The Morgan fingerprint density at radius 3 is 2.48 bits per heavy atom. The molecule has 3 heteroatoms. The smallest absolute Gasteiger partial charge is 0.0898 e. The molecule has 0 aromatic heterocycles. The van der Waals surface area contributed by atoms with Crippen molar-refractivity contribution in [3.05, 3.63) is 11.6 Å². The van der Waals surface area contributed by atoms with Gasteiger partial charge in [-0.25, -0.2) is 0 Å². The molecule has 3 aliphatic carbocycles. The third-order valence-corrected chi connectivity index (χ3v) is 7.88. The fourth-order valence-corrected chi connectivity index (χ4v) is 6.59. The van der Waals surface area contributed by atoms with Gasteiger partial charge in [-0.05, 0) is 43.4 Å². The van der Waals surface area contributed by atoms with Gasteiger partial charge in [-0.2, -0.15) is 0 Å². The molecule has 3 nitrogen and oxygen atoms in total. The molecular weight excluding hydrogens is 288 g/mol. The standard InChI is InChI=1S/C20H32O3/c1-18(2)8-7-15(22)20(4)14(18)6-5-12-9-19(3,16-11-23-16)10-13(21)17(12)20/h9,13-17,21-22H,5-8,10-11H2,1-4H3/t13-,14-,15-,16+,17+,19+,20-/m1/s1. The van der Waals surface area contributed by atoms with Crippen molar-refractivity contribution in [2.45, 2.75) is 78.1 Å². The van der Waals surface area contributed by atoms with Gasteiger partial charge in [0.1, 0.15) is 0 Å². The van der Waals surface area contributed by atoms with Crippen LogP contribution in [-0.4, -0.2) is 35.1 Å². The van der Waals surface area contributed by atoms with E-state index < -0.39 is 0 Å². The Bertz CT molecular complexity index is 535. The van der Waals surface area contributed by atoms with E-state index in [4.69, 9.17) is 4.74 Å². The Labute approximate surface area is 140 Å². The predicted molar refractivity (Wildman–Crippen MR) is 89.9 cm³/mol. The molecule has 0 bridgehead atoms. The molecular formula is C20H32O3. The van der Waals surface area contributed by atoms with Crippen LogP contribution in [0.2, 0.25) is 0 Å². The molecule has 2 saturated carbocycles. The molecule has 0 radical (unpaired) electrons. The molecule has 1 saturated heterocycles. The van der Waals surface area contributed by atoms with Crippen molar-refractivity contribution < 1.29 is 14.9 Å². The summed E-state index contributed by atoms with van der Waals surface area (Å²) in [5, 5.41) is 22.0. The SMILES string of the molecule is CC1(C)CC[C@@H](O)[C@@]2(C)[C@@H]1CCC1=C[C@](C)([C@@H]3CO3)C[C@@H](O)[C@H]12. The van der Waals surface area contributed by atoms with Crippen LogP contribution < -0.4 is 0 Å². The topological polar surface area (TPSA) is 53.0 Å². The first-order valence-corrected chi connectivity index (χ1v) is 9.38. The molecule has 0 amide bonds. The van der Waals surface area contributed by atoms with Crippen LogP contribution >= 0.6 is 0 Å². The number of fused-ring (bicyclic) bond motifs is 3. The summed E-state index contributed by atoms with van der Waals surface area (Å²) in [5.41, 5.74) is 1.41. The van der Waals surface area contributed by atoms with E-state index in [1.54, 1.807) is 0 Å². The summed E-state index contributed by atoms with van der Waals surface area (Å²) >= 11 is 0. The van der Waals surface area contributed by atoms with Crippen LogP contribution in [0.1, 0.15) is 59.8 Å². The Hall–Kier alpha value is -0.380. The van der Waals surface area contributed by atoms with Crippen LogP contribution in [0.4, 0.5) is 0 Å². The second-order valence-corrected chi connectivity index (χ2v) is 9.80. The fourth-order valence-electron chi connectivity index (χ4n) is 6.59. The van der Waals surface area contributed by atoms with Gasteiger partial charge >= 0.3 is 0 Å². The summed E-state index contributed by atoms with van der Waals surface area (Å²) in [5.74, 6) is 0.597. The summed E-state index contributed by atoms with van der Waals surface area (Å²) in [6.45, 7) is 10.0. The van der Waals surface area contributed by atoms with Crippen molar-refractivity contribution in [3.63, 3.8) is 0 Å². The van der Waals surface area contributed by atoms with Gasteiger partial charge < -0.3 is 14.9 Å². The minimum atomic E-state index is -0.361. The summed E-state index contributed by atoms with van der Waals surface area (Å²) in [4.78, 5) is 0. The molecule has 0 spiro atoms. The number of rotatable bonds is 1. The number of aliphatic hydroxyl groups excluding tert-OH is 2. The number of epoxide rings is 1. The van der Waals surface area contributed by atoms with Crippen LogP contribution in [0.5, 0.6) is 0 Å². The molecule has 23 heavy (non-hydrogen) atoms. The molecule has 1 heterocycles. The maximum atomic E-state index is 11.1. The van der Waals surface area contributed by atoms with Gasteiger partial charge in [0.05, 0.1) is 24.9 Å². The van der Waals surface area contributed by atoms with Gasteiger partial charge in [0.2, 0.25) is 0 Å². The highest BCUT2D eigenvalue weighted by molar-refractivity contribution is 5.28. The monoisotopic (exact) mass is 320 g/mol. The maximum Gasteiger partial charge on any atom is 0.0898 e. The van der Waals surface area contributed by atoms with Gasteiger partial charge in [0.25, 0.3) is 0 Å². The van der Waals surface area contributed by atoms with Crippen molar-refractivity contribution in [2.24, 2.45) is 28.1 Å². The molecule has 3 fully saturated rings. The second kappa shape index (κ2) is 4.83.